The van der Waals surface area contributed by atoms with Crippen LogP contribution in [-0.4, -0.2) is 29.4 Å². The number of allylic oxidation sites excluding steroid dienone is 1. The van der Waals surface area contributed by atoms with E-state index >= 15 is 0 Å². The minimum Gasteiger partial charge on any atom is -0.493 e. The van der Waals surface area contributed by atoms with Gasteiger partial charge in [0.25, 0.3) is 5.91 Å². The standard InChI is InChI=1S/C23H25N3O3/c1-3-6-18-9-10-21(22(14-18)28-2)29-17-23(27)24-15-19-7-4-8-20(13-19)16-26-12-5-11-25-26/h3-14H,15-17H2,1-2H3,(H,24,27)/b6-3+. The van der Waals surface area contributed by atoms with Crippen LogP contribution in [-0.2, 0) is 17.9 Å². The highest BCUT2D eigenvalue weighted by atomic mass is 16.5. The van der Waals surface area contributed by atoms with Crippen molar-refractivity contribution < 1.29 is 14.3 Å². The van der Waals surface area contributed by atoms with Crippen LogP contribution in [0.1, 0.15) is 23.6 Å². The third-order valence-corrected chi connectivity index (χ3v) is 4.29. The van der Waals surface area contributed by atoms with Crippen LogP contribution in [0.4, 0.5) is 0 Å². The van der Waals surface area contributed by atoms with Gasteiger partial charge in [-0.15, -0.1) is 0 Å². The summed E-state index contributed by atoms with van der Waals surface area (Å²) in [6.07, 6.45) is 7.60. The highest BCUT2D eigenvalue weighted by Crippen LogP contribution is 2.28. The number of hydrogen-bond donors (Lipinski definition) is 1. The maximum Gasteiger partial charge on any atom is 0.258 e. The Bertz CT molecular complexity index is 965. The number of aromatic nitrogens is 2. The molecule has 0 unspecified atom stereocenters. The van der Waals surface area contributed by atoms with Crippen LogP contribution in [0.15, 0.2) is 67.0 Å². The van der Waals surface area contributed by atoms with Gasteiger partial charge >= 0.3 is 0 Å². The molecule has 0 radical (unpaired) electrons. The molecule has 1 N–H and O–H groups in total. The normalized spacial score (nSPS) is 10.8. The minimum atomic E-state index is -0.193. The summed E-state index contributed by atoms with van der Waals surface area (Å²) in [5.41, 5.74) is 3.16. The number of amides is 1. The number of nitrogens with zero attached hydrogens (tertiary/aromatic N) is 2. The summed E-state index contributed by atoms with van der Waals surface area (Å²) in [7, 11) is 1.58. The van der Waals surface area contributed by atoms with Gasteiger partial charge in [-0.3, -0.25) is 9.48 Å². The van der Waals surface area contributed by atoms with Gasteiger partial charge in [0.1, 0.15) is 0 Å². The molecule has 2 aromatic carbocycles. The van der Waals surface area contributed by atoms with Gasteiger partial charge in [-0.25, -0.2) is 0 Å². The van der Waals surface area contributed by atoms with Crippen molar-refractivity contribution in [2.24, 2.45) is 0 Å². The molecule has 1 aromatic heterocycles. The molecule has 0 aliphatic heterocycles. The fourth-order valence-electron chi connectivity index (χ4n) is 2.91. The minimum absolute atomic E-state index is 0.0771. The Morgan fingerprint density at radius 3 is 2.76 bits per heavy atom. The molecular weight excluding hydrogens is 366 g/mol. The smallest absolute Gasteiger partial charge is 0.258 e. The number of carbonyl (C=O) groups is 1. The zero-order chi connectivity index (χ0) is 20.5. The lowest BCUT2D eigenvalue weighted by Gasteiger charge is -2.12. The van der Waals surface area contributed by atoms with Gasteiger partial charge in [-0.05, 0) is 41.8 Å². The molecule has 1 amide bonds. The number of hydrogen-bond acceptors (Lipinski definition) is 4. The molecule has 1 heterocycles. The predicted octanol–water partition coefficient (Wildman–Crippen LogP) is 3.67. The SMILES string of the molecule is C/C=C/c1ccc(OCC(=O)NCc2cccc(Cn3cccn3)c2)c(OC)c1. The fourth-order valence-corrected chi connectivity index (χ4v) is 2.91. The molecule has 3 rings (SSSR count). The number of methoxy groups -OCH3 is 1. The zero-order valence-electron chi connectivity index (χ0n) is 16.7. The van der Waals surface area contributed by atoms with Gasteiger partial charge in [0, 0.05) is 18.9 Å². The van der Waals surface area contributed by atoms with Crippen LogP contribution in [0, 0.1) is 0 Å². The lowest BCUT2D eigenvalue weighted by Crippen LogP contribution is -2.28. The van der Waals surface area contributed by atoms with E-state index in [0.717, 1.165) is 16.7 Å². The number of benzene rings is 2. The molecule has 6 nitrogen and oxygen atoms in total. The summed E-state index contributed by atoms with van der Waals surface area (Å²) in [5, 5.41) is 7.10. The molecular formula is C23H25N3O3. The number of nitrogens with one attached hydrogen (secondary N) is 1. The molecule has 0 aliphatic rings. The van der Waals surface area contributed by atoms with E-state index in [0.29, 0.717) is 24.6 Å². The summed E-state index contributed by atoms with van der Waals surface area (Å²) in [4.78, 5) is 12.2. The van der Waals surface area contributed by atoms with Crippen LogP contribution in [0.5, 0.6) is 11.5 Å². The monoisotopic (exact) mass is 391 g/mol. The molecule has 0 bridgehead atoms. The summed E-state index contributed by atoms with van der Waals surface area (Å²) >= 11 is 0. The lowest BCUT2D eigenvalue weighted by molar-refractivity contribution is -0.123. The molecule has 29 heavy (non-hydrogen) atoms. The molecule has 6 heteroatoms. The predicted molar refractivity (Wildman–Crippen MR) is 113 cm³/mol. The van der Waals surface area contributed by atoms with E-state index in [9.17, 15) is 4.79 Å². The van der Waals surface area contributed by atoms with Crippen LogP contribution >= 0.6 is 0 Å². The van der Waals surface area contributed by atoms with Crippen molar-refractivity contribution in [1.29, 1.82) is 0 Å². The molecule has 0 fully saturated rings. The van der Waals surface area contributed by atoms with Crippen LogP contribution in [0.3, 0.4) is 0 Å². The summed E-state index contributed by atoms with van der Waals surface area (Å²) in [6.45, 7) is 3.01. The van der Waals surface area contributed by atoms with Crippen molar-refractivity contribution in [3.8, 4) is 11.5 Å². The third-order valence-electron chi connectivity index (χ3n) is 4.29. The average Bonchev–Trinajstić information content (AvgIpc) is 3.24. The Morgan fingerprint density at radius 1 is 1.14 bits per heavy atom. The second-order valence-electron chi connectivity index (χ2n) is 6.50. The van der Waals surface area contributed by atoms with Crippen molar-refractivity contribution in [2.75, 3.05) is 13.7 Å². The lowest BCUT2D eigenvalue weighted by atomic mass is 10.1. The van der Waals surface area contributed by atoms with E-state index < -0.39 is 0 Å². The first-order chi connectivity index (χ1) is 14.2. The van der Waals surface area contributed by atoms with Gasteiger partial charge in [0.05, 0.1) is 13.7 Å². The maximum absolute atomic E-state index is 12.2. The first-order valence-corrected chi connectivity index (χ1v) is 9.43. The van der Waals surface area contributed by atoms with Crippen molar-refractivity contribution >= 4 is 12.0 Å². The van der Waals surface area contributed by atoms with Gasteiger partial charge in [0.2, 0.25) is 0 Å². The molecule has 0 spiro atoms. The van der Waals surface area contributed by atoms with Gasteiger partial charge < -0.3 is 14.8 Å². The Labute approximate surface area is 170 Å². The van der Waals surface area contributed by atoms with Crippen LogP contribution in [0.25, 0.3) is 6.08 Å². The first kappa shape index (κ1) is 20.2. The molecule has 0 atom stereocenters. The largest absolute Gasteiger partial charge is 0.493 e. The Kier molecular flexibility index (Phi) is 7.05. The highest BCUT2D eigenvalue weighted by Gasteiger charge is 2.08. The Morgan fingerprint density at radius 2 is 2.00 bits per heavy atom. The quantitative estimate of drug-likeness (QED) is 0.604. The number of carbonyl (C=O) groups excluding carboxylic acids is 1. The fraction of sp³-hybridized carbons (Fsp3) is 0.217. The second kappa shape index (κ2) is 10.1. The molecule has 0 aliphatic carbocycles. The van der Waals surface area contributed by atoms with E-state index in [-0.39, 0.29) is 12.5 Å². The highest BCUT2D eigenvalue weighted by molar-refractivity contribution is 5.77. The third kappa shape index (κ3) is 5.97. The number of ether oxygens (including phenoxy) is 2. The van der Waals surface area contributed by atoms with Crippen LogP contribution < -0.4 is 14.8 Å². The number of rotatable bonds is 9. The zero-order valence-corrected chi connectivity index (χ0v) is 16.7. The Hall–Kier alpha value is -3.54. The van der Waals surface area contributed by atoms with Crippen molar-refractivity contribution in [1.82, 2.24) is 15.1 Å². The molecule has 0 saturated heterocycles. The molecule has 3 aromatic rings. The van der Waals surface area contributed by atoms with E-state index in [1.165, 1.54) is 0 Å². The van der Waals surface area contributed by atoms with Crippen molar-refractivity contribution in [2.45, 2.75) is 20.0 Å². The van der Waals surface area contributed by atoms with E-state index in [1.54, 1.807) is 19.4 Å². The Balaban J connectivity index is 1.51. The summed E-state index contributed by atoms with van der Waals surface area (Å²) < 4.78 is 12.8. The summed E-state index contributed by atoms with van der Waals surface area (Å²) in [6, 6.07) is 15.6. The van der Waals surface area contributed by atoms with Gasteiger partial charge in [-0.2, -0.15) is 5.10 Å². The summed E-state index contributed by atoms with van der Waals surface area (Å²) in [5.74, 6) is 0.943. The van der Waals surface area contributed by atoms with E-state index in [1.807, 2.05) is 66.4 Å². The average molecular weight is 391 g/mol. The first-order valence-electron chi connectivity index (χ1n) is 9.43. The topological polar surface area (TPSA) is 65.4 Å². The molecule has 150 valence electrons. The van der Waals surface area contributed by atoms with E-state index in [2.05, 4.69) is 16.5 Å². The van der Waals surface area contributed by atoms with Gasteiger partial charge in [0.15, 0.2) is 18.1 Å². The molecule has 0 saturated carbocycles. The van der Waals surface area contributed by atoms with E-state index in [4.69, 9.17) is 9.47 Å². The maximum atomic E-state index is 12.2. The van der Waals surface area contributed by atoms with Crippen LogP contribution in [0.2, 0.25) is 0 Å². The van der Waals surface area contributed by atoms with Gasteiger partial charge in [-0.1, -0.05) is 42.5 Å². The second-order valence-corrected chi connectivity index (χ2v) is 6.50. The van der Waals surface area contributed by atoms with Crippen molar-refractivity contribution in [3.05, 3.63) is 83.7 Å². The van der Waals surface area contributed by atoms with Crippen molar-refractivity contribution in [3.63, 3.8) is 0 Å².